The van der Waals surface area contributed by atoms with Gasteiger partial charge in [-0.3, -0.25) is 14.6 Å². The summed E-state index contributed by atoms with van der Waals surface area (Å²) in [5, 5.41) is 13.3. The Hall–Kier alpha value is -3.55. The number of carbonyl (C=O) groups excluding carboxylic acids is 2. The van der Waals surface area contributed by atoms with Crippen molar-refractivity contribution in [2.45, 2.75) is 46.6 Å². The van der Waals surface area contributed by atoms with Crippen LogP contribution < -0.4 is 14.8 Å². The molecule has 2 aromatic rings. The Labute approximate surface area is 207 Å². The summed E-state index contributed by atoms with van der Waals surface area (Å²) in [6.45, 7) is 11.0. The second kappa shape index (κ2) is 10.4. The first-order chi connectivity index (χ1) is 16.5. The zero-order chi connectivity index (χ0) is 25.9. The van der Waals surface area contributed by atoms with Gasteiger partial charge in [0, 0.05) is 37.3 Å². The number of hydrogen-bond donors (Lipinski definition) is 2. The quantitative estimate of drug-likeness (QED) is 0.555. The van der Waals surface area contributed by atoms with Crippen LogP contribution in [-0.2, 0) is 12.0 Å². The van der Waals surface area contributed by atoms with E-state index in [4.69, 9.17) is 9.47 Å². The van der Waals surface area contributed by atoms with Crippen molar-refractivity contribution < 1.29 is 24.2 Å². The zero-order valence-corrected chi connectivity index (χ0v) is 21.6. The number of benzene rings is 2. The number of nitrogens with one attached hydrogen (secondary N) is 1. The van der Waals surface area contributed by atoms with E-state index in [1.165, 1.54) is 0 Å². The average Bonchev–Trinajstić information content (AvgIpc) is 3.14. The van der Waals surface area contributed by atoms with Crippen molar-refractivity contribution in [3.63, 3.8) is 0 Å². The number of aromatic hydroxyl groups is 1. The number of amides is 1. The summed E-state index contributed by atoms with van der Waals surface area (Å²) >= 11 is 0. The van der Waals surface area contributed by atoms with E-state index >= 15 is 0 Å². The Morgan fingerprint density at radius 1 is 1.09 bits per heavy atom. The molecule has 3 rings (SSSR count). The van der Waals surface area contributed by atoms with Gasteiger partial charge >= 0.3 is 0 Å². The monoisotopic (exact) mass is 481 g/mol. The summed E-state index contributed by atoms with van der Waals surface area (Å²) in [6, 6.07) is 6.96. The number of ether oxygens (including phenoxy) is 2. The largest absolute Gasteiger partial charge is 0.504 e. The van der Waals surface area contributed by atoms with Gasteiger partial charge in [0.25, 0.3) is 5.91 Å². The molecule has 0 aliphatic carbocycles. The first-order valence-electron chi connectivity index (χ1n) is 11.8. The topological polar surface area (TPSA) is 100 Å². The molecule has 188 valence electrons. The van der Waals surface area contributed by atoms with Crippen molar-refractivity contribution in [2.24, 2.45) is 4.99 Å². The van der Waals surface area contributed by atoms with Crippen molar-refractivity contribution in [1.82, 2.24) is 10.2 Å². The molecular formula is C27H35N3O5. The van der Waals surface area contributed by atoms with E-state index in [1.807, 2.05) is 45.6 Å². The molecule has 0 aromatic heterocycles. The van der Waals surface area contributed by atoms with Crippen molar-refractivity contribution >= 4 is 17.5 Å². The molecule has 0 saturated carbocycles. The van der Waals surface area contributed by atoms with E-state index in [2.05, 4.69) is 10.3 Å². The smallest absolute Gasteiger partial charge is 0.254 e. The molecule has 8 nitrogen and oxygen atoms in total. The number of amidine groups is 1. The van der Waals surface area contributed by atoms with Crippen molar-refractivity contribution in [3.05, 3.63) is 52.1 Å². The highest BCUT2D eigenvalue weighted by molar-refractivity contribution is 6.09. The van der Waals surface area contributed by atoms with Crippen molar-refractivity contribution in [1.29, 1.82) is 0 Å². The van der Waals surface area contributed by atoms with Gasteiger partial charge in [-0.1, -0.05) is 20.8 Å². The summed E-state index contributed by atoms with van der Waals surface area (Å²) in [4.78, 5) is 32.2. The fourth-order valence-electron chi connectivity index (χ4n) is 4.26. The van der Waals surface area contributed by atoms with E-state index in [1.54, 1.807) is 32.3 Å². The van der Waals surface area contributed by atoms with Crippen LogP contribution in [0.3, 0.4) is 0 Å². The second-order valence-electron chi connectivity index (χ2n) is 9.40. The van der Waals surface area contributed by atoms with Crippen LogP contribution in [0.15, 0.2) is 29.3 Å². The van der Waals surface area contributed by atoms with Crippen LogP contribution in [0.25, 0.3) is 0 Å². The van der Waals surface area contributed by atoms with Gasteiger partial charge in [0.2, 0.25) is 0 Å². The van der Waals surface area contributed by atoms with Gasteiger partial charge in [-0.25, -0.2) is 0 Å². The van der Waals surface area contributed by atoms with Gasteiger partial charge in [-0.2, -0.15) is 0 Å². The lowest BCUT2D eigenvalue weighted by molar-refractivity contribution is 0.0953. The highest BCUT2D eigenvalue weighted by atomic mass is 16.5. The molecule has 0 saturated heterocycles. The lowest BCUT2D eigenvalue weighted by Gasteiger charge is -2.24. The number of rotatable bonds is 8. The maximum atomic E-state index is 13.4. The van der Waals surface area contributed by atoms with Crippen molar-refractivity contribution in [2.75, 3.05) is 33.9 Å². The highest BCUT2D eigenvalue weighted by Crippen LogP contribution is 2.39. The standard InChI is InChI=1S/C27H35N3O5/c1-8-34-22-12-17-14-30(25(28-6)18(17)13-19(22)26(33)29-7)15-21(31)16-10-20(27(3,4)5)24(32)23(11-16)35-9-2/h10-13,32H,8-9,14-15H2,1-7H3,(H,29,33)/b28-25-. The zero-order valence-electron chi connectivity index (χ0n) is 21.6. The summed E-state index contributed by atoms with van der Waals surface area (Å²) in [5.74, 6) is 1.13. The molecule has 0 fully saturated rings. The second-order valence-corrected chi connectivity index (χ2v) is 9.40. The number of fused-ring (bicyclic) bond motifs is 1. The van der Waals surface area contributed by atoms with E-state index < -0.39 is 0 Å². The Bertz CT molecular complexity index is 1160. The Balaban J connectivity index is 1.96. The molecular weight excluding hydrogens is 446 g/mol. The fraction of sp³-hybridized carbons (Fsp3) is 0.444. The first kappa shape index (κ1) is 26.1. The summed E-state index contributed by atoms with van der Waals surface area (Å²) in [6.07, 6.45) is 0. The number of aliphatic imine (C=N–C) groups is 1. The van der Waals surface area contributed by atoms with Crippen LogP contribution >= 0.6 is 0 Å². The van der Waals surface area contributed by atoms with Crippen LogP contribution in [-0.4, -0.2) is 61.4 Å². The predicted octanol–water partition coefficient (Wildman–Crippen LogP) is 3.92. The highest BCUT2D eigenvalue weighted by Gasteiger charge is 2.31. The van der Waals surface area contributed by atoms with E-state index in [-0.39, 0.29) is 29.4 Å². The number of Topliss-reactive ketones (excluding diaryl/α,β-unsaturated/α-hetero) is 1. The molecule has 1 aliphatic rings. The predicted molar refractivity (Wildman–Crippen MR) is 136 cm³/mol. The maximum absolute atomic E-state index is 13.4. The molecule has 8 heteroatoms. The molecule has 0 bridgehead atoms. The summed E-state index contributed by atoms with van der Waals surface area (Å²) in [5.41, 5.74) is 2.90. The van der Waals surface area contributed by atoms with Gasteiger partial charge in [0.15, 0.2) is 17.3 Å². The number of ketones is 1. The minimum absolute atomic E-state index is 0.0606. The average molecular weight is 482 g/mol. The Morgan fingerprint density at radius 2 is 1.74 bits per heavy atom. The maximum Gasteiger partial charge on any atom is 0.254 e. The van der Waals surface area contributed by atoms with Crippen molar-refractivity contribution in [3.8, 4) is 17.2 Å². The van der Waals surface area contributed by atoms with Gasteiger partial charge in [-0.15, -0.1) is 0 Å². The summed E-state index contributed by atoms with van der Waals surface area (Å²) < 4.78 is 11.3. The molecule has 0 unspecified atom stereocenters. The SMILES string of the molecule is CCOc1cc2c(cc1C(=O)NC)/C(=N/C)N(CC(=O)c1cc(OCC)c(O)c(C(C)(C)C)c1)C2. The van der Waals surface area contributed by atoms with E-state index in [0.717, 1.165) is 11.1 Å². The van der Waals surface area contributed by atoms with Gasteiger partial charge < -0.3 is 24.8 Å². The normalized spacial score (nSPS) is 14.1. The minimum Gasteiger partial charge on any atom is -0.504 e. The van der Waals surface area contributed by atoms with E-state index in [9.17, 15) is 14.7 Å². The van der Waals surface area contributed by atoms with Crippen LogP contribution in [0.1, 0.15) is 72.0 Å². The third kappa shape index (κ3) is 5.26. The number of nitrogens with zero attached hydrogens (tertiary/aromatic N) is 2. The molecule has 0 radical (unpaired) electrons. The number of phenols is 1. The molecule has 35 heavy (non-hydrogen) atoms. The number of carbonyl (C=O) groups is 2. The van der Waals surface area contributed by atoms with Gasteiger partial charge in [-0.05, 0) is 49.1 Å². The molecule has 1 aliphatic heterocycles. The van der Waals surface area contributed by atoms with Crippen LogP contribution in [0.4, 0.5) is 0 Å². The third-order valence-electron chi connectivity index (χ3n) is 5.93. The molecule has 0 atom stereocenters. The molecule has 2 aromatic carbocycles. The summed E-state index contributed by atoms with van der Waals surface area (Å²) in [7, 11) is 3.24. The molecule has 1 amide bonds. The molecule has 0 spiro atoms. The van der Waals surface area contributed by atoms with E-state index in [0.29, 0.717) is 53.8 Å². The Morgan fingerprint density at radius 3 is 2.31 bits per heavy atom. The number of phenolic OH excluding ortho intramolecular Hbond substituents is 1. The fourth-order valence-corrected chi connectivity index (χ4v) is 4.26. The first-order valence-corrected chi connectivity index (χ1v) is 11.8. The lowest BCUT2D eigenvalue weighted by Crippen LogP contribution is -2.31. The van der Waals surface area contributed by atoms with Gasteiger partial charge in [0.1, 0.15) is 11.6 Å². The number of hydrogen-bond acceptors (Lipinski definition) is 6. The third-order valence-corrected chi connectivity index (χ3v) is 5.93. The van der Waals surface area contributed by atoms with Crippen LogP contribution in [0, 0.1) is 0 Å². The minimum atomic E-state index is -0.377. The molecule has 2 N–H and O–H groups in total. The van der Waals surface area contributed by atoms with Crippen LogP contribution in [0.2, 0.25) is 0 Å². The molecule has 1 heterocycles. The lowest BCUT2D eigenvalue weighted by atomic mass is 9.84. The van der Waals surface area contributed by atoms with Gasteiger partial charge in [0.05, 0.1) is 25.3 Å². The Kier molecular flexibility index (Phi) is 7.73. The van der Waals surface area contributed by atoms with Crippen LogP contribution in [0.5, 0.6) is 17.2 Å².